The predicted octanol–water partition coefficient (Wildman–Crippen LogP) is 3.25. The highest BCUT2D eigenvalue weighted by Gasteiger charge is 2.24. The zero-order chi connectivity index (χ0) is 19.7. The Hall–Kier alpha value is -2.64. The number of hydrogen-bond acceptors (Lipinski definition) is 3. The fraction of sp³-hybridized carbons (Fsp3) is 0.238. The van der Waals surface area contributed by atoms with Gasteiger partial charge in [-0.25, -0.2) is 13.8 Å². The average molecular weight is 400 g/mol. The van der Waals surface area contributed by atoms with Gasteiger partial charge < -0.3 is 4.90 Å². The van der Waals surface area contributed by atoms with Crippen LogP contribution in [-0.2, 0) is 24.3 Å². The first-order valence-corrected chi connectivity index (χ1v) is 9.99. The highest BCUT2D eigenvalue weighted by Crippen LogP contribution is 2.31. The van der Waals surface area contributed by atoms with Crippen molar-refractivity contribution in [3.05, 3.63) is 76.3 Å². The molecule has 144 valence electrons. The molecule has 2 aromatic carbocycles. The molecule has 1 N–H and O–H groups in total. The molecule has 0 fully saturated rings. The molecule has 0 bridgehead atoms. The Bertz CT molecular complexity index is 1020. The normalized spacial score (nSPS) is 15.9. The quantitative estimate of drug-likeness (QED) is 0.730. The fourth-order valence-electron chi connectivity index (χ4n) is 3.60. The molecule has 0 saturated heterocycles. The van der Waals surface area contributed by atoms with Crippen molar-refractivity contribution in [3.8, 4) is 0 Å². The Morgan fingerprint density at radius 1 is 1.21 bits per heavy atom. The minimum absolute atomic E-state index is 0.00838. The molecule has 28 heavy (non-hydrogen) atoms. The molecule has 1 unspecified atom stereocenters. The molecule has 1 aliphatic rings. The van der Waals surface area contributed by atoms with Crippen LogP contribution in [0.4, 0.5) is 19.6 Å². The van der Waals surface area contributed by atoms with Gasteiger partial charge in [0.2, 0.25) is 5.91 Å². The van der Waals surface area contributed by atoms with Crippen LogP contribution in [0.5, 0.6) is 0 Å². The first-order valence-electron chi connectivity index (χ1n) is 9.12. The summed E-state index contributed by atoms with van der Waals surface area (Å²) in [6.45, 7) is 4.04. The number of carbonyl (C=O) groups is 1. The number of aromatic nitrogens is 1. The summed E-state index contributed by atoms with van der Waals surface area (Å²) in [6, 6.07) is 11.6. The second-order valence-corrected chi connectivity index (χ2v) is 7.78. The van der Waals surface area contributed by atoms with E-state index in [9.17, 15) is 13.6 Å². The summed E-state index contributed by atoms with van der Waals surface area (Å²) < 4.78 is 27.4. The summed E-state index contributed by atoms with van der Waals surface area (Å²) in [5.74, 6) is -1.84. The Balaban J connectivity index is 1.54. The lowest BCUT2D eigenvalue weighted by molar-refractivity contribution is -0.929. The molecule has 0 aliphatic carbocycles. The van der Waals surface area contributed by atoms with Crippen molar-refractivity contribution in [2.45, 2.75) is 26.4 Å². The first-order chi connectivity index (χ1) is 13.5. The van der Waals surface area contributed by atoms with Crippen LogP contribution < -0.4 is 9.80 Å². The molecule has 2 heterocycles. The van der Waals surface area contributed by atoms with Crippen molar-refractivity contribution in [3.63, 3.8) is 0 Å². The summed E-state index contributed by atoms with van der Waals surface area (Å²) in [4.78, 5) is 19.3. The summed E-state index contributed by atoms with van der Waals surface area (Å²) in [7, 11) is 0. The van der Waals surface area contributed by atoms with Crippen molar-refractivity contribution >= 4 is 28.1 Å². The van der Waals surface area contributed by atoms with E-state index in [1.165, 1.54) is 45.3 Å². The second-order valence-electron chi connectivity index (χ2n) is 6.94. The number of halogens is 2. The number of rotatable bonds is 4. The molecule has 1 amide bonds. The van der Waals surface area contributed by atoms with Crippen LogP contribution in [0.15, 0.2) is 47.8 Å². The van der Waals surface area contributed by atoms with E-state index in [1.54, 1.807) is 0 Å². The molecule has 3 aromatic rings. The molecular weight excluding hydrogens is 380 g/mol. The maximum Gasteiger partial charge on any atom is 0.230 e. The number of amides is 1. The SMILES string of the molecule is CC(=O)N(c1nc(C[NH+]2CCc3ccccc3C2)cs1)c1ccc(F)cc1F. The molecule has 0 saturated carbocycles. The minimum atomic E-state index is -0.787. The van der Waals surface area contributed by atoms with Crippen LogP contribution in [0.25, 0.3) is 0 Å². The van der Waals surface area contributed by atoms with Crippen LogP contribution >= 0.6 is 11.3 Å². The number of carbonyl (C=O) groups excluding carboxylic acids is 1. The van der Waals surface area contributed by atoms with Crippen molar-refractivity contribution in [2.75, 3.05) is 11.4 Å². The van der Waals surface area contributed by atoms with Gasteiger partial charge in [0.1, 0.15) is 30.4 Å². The Morgan fingerprint density at radius 2 is 2.00 bits per heavy atom. The van der Waals surface area contributed by atoms with Gasteiger partial charge in [0, 0.05) is 30.4 Å². The third-order valence-corrected chi connectivity index (χ3v) is 5.81. The van der Waals surface area contributed by atoms with Gasteiger partial charge in [-0.3, -0.25) is 9.69 Å². The fourth-order valence-corrected chi connectivity index (χ4v) is 4.48. The van der Waals surface area contributed by atoms with Gasteiger partial charge in [-0.15, -0.1) is 11.3 Å². The zero-order valence-corrected chi connectivity index (χ0v) is 16.2. The molecular formula is C21H20F2N3OS+. The number of quaternary nitrogens is 1. The Kier molecular flexibility index (Phi) is 5.19. The summed E-state index contributed by atoms with van der Waals surface area (Å²) in [6.07, 6.45) is 1.03. The largest absolute Gasteiger partial charge is 0.326 e. The predicted molar refractivity (Wildman–Crippen MR) is 105 cm³/mol. The number of thiazole rings is 1. The van der Waals surface area contributed by atoms with E-state index in [-0.39, 0.29) is 11.6 Å². The van der Waals surface area contributed by atoms with Gasteiger partial charge in [0.15, 0.2) is 5.13 Å². The molecule has 4 rings (SSSR count). The van der Waals surface area contributed by atoms with Gasteiger partial charge in [0.05, 0.1) is 12.2 Å². The van der Waals surface area contributed by atoms with Crippen molar-refractivity contribution in [1.82, 2.24) is 4.98 Å². The monoisotopic (exact) mass is 400 g/mol. The third-order valence-electron chi connectivity index (χ3n) is 4.93. The van der Waals surface area contributed by atoms with Crippen molar-refractivity contribution < 1.29 is 18.5 Å². The number of benzene rings is 2. The van der Waals surface area contributed by atoms with E-state index < -0.39 is 11.6 Å². The number of nitrogens with one attached hydrogen (secondary N) is 1. The molecule has 0 spiro atoms. The van der Waals surface area contributed by atoms with Crippen LogP contribution in [-0.4, -0.2) is 17.4 Å². The summed E-state index contributed by atoms with van der Waals surface area (Å²) in [5.41, 5.74) is 3.63. The van der Waals surface area contributed by atoms with E-state index in [0.29, 0.717) is 5.13 Å². The van der Waals surface area contributed by atoms with E-state index in [1.807, 2.05) is 5.38 Å². The van der Waals surface area contributed by atoms with Crippen molar-refractivity contribution in [1.29, 1.82) is 0 Å². The topological polar surface area (TPSA) is 37.6 Å². The smallest absolute Gasteiger partial charge is 0.230 e. The van der Waals surface area contributed by atoms with Gasteiger partial charge in [-0.2, -0.15) is 0 Å². The minimum Gasteiger partial charge on any atom is -0.326 e. The highest BCUT2D eigenvalue weighted by molar-refractivity contribution is 7.14. The van der Waals surface area contributed by atoms with Gasteiger partial charge in [0.25, 0.3) is 0 Å². The van der Waals surface area contributed by atoms with E-state index in [0.717, 1.165) is 43.9 Å². The lowest BCUT2D eigenvalue weighted by atomic mass is 10.00. The van der Waals surface area contributed by atoms with Gasteiger partial charge in [-0.05, 0) is 17.7 Å². The number of hydrogen-bond donors (Lipinski definition) is 1. The van der Waals surface area contributed by atoms with Gasteiger partial charge >= 0.3 is 0 Å². The number of nitrogens with zero attached hydrogens (tertiary/aromatic N) is 2. The molecule has 4 nitrogen and oxygen atoms in total. The third kappa shape index (κ3) is 3.81. The number of anilines is 2. The molecule has 1 aliphatic heterocycles. The lowest BCUT2D eigenvalue weighted by Crippen LogP contribution is -3.10. The Labute approximate surface area is 166 Å². The van der Waals surface area contributed by atoms with E-state index >= 15 is 0 Å². The molecule has 1 aromatic heterocycles. The summed E-state index contributed by atoms with van der Waals surface area (Å²) in [5, 5.41) is 2.30. The molecule has 7 heteroatoms. The van der Waals surface area contributed by atoms with Crippen LogP contribution in [0.3, 0.4) is 0 Å². The standard InChI is InChI=1S/C21H19F2N3OS/c1-14(27)26(20-7-6-17(22)10-19(20)23)21-24-18(13-28-21)12-25-9-8-15-4-2-3-5-16(15)11-25/h2-7,10,13H,8-9,11-12H2,1H3/p+1. The van der Waals surface area contributed by atoms with E-state index in [2.05, 4.69) is 29.2 Å². The van der Waals surface area contributed by atoms with Crippen LogP contribution in [0.2, 0.25) is 0 Å². The van der Waals surface area contributed by atoms with Gasteiger partial charge in [-0.1, -0.05) is 24.3 Å². The first kappa shape index (κ1) is 18.7. The molecule has 0 radical (unpaired) electrons. The van der Waals surface area contributed by atoms with E-state index in [4.69, 9.17) is 0 Å². The number of fused-ring (bicyclic) bond motifs is 1. The van der Waals surface area contributed by atoms with Crippen LogP contribution in [0, 0.1) is 11.6 Å². The summed E-state index contributed by atoms with van der Waals surface area (Å²) >= 11 is 1.29. The second kappa shape index (κ2) is 7.77. The Morgan fingerprint density at radius 3 is 2.75 bits per heavy atom. The van der Waals surface area contributed by atoms with Crippen LogP contribution in [0.1, 0.15) is 23.7 Å². The maximum atomic E-state index is 14.2. The molecule has 1 atom stereocenters. The average Bonchev–Trinajstić information content (AvgIpc) is 3.11. The zero-order valence-electron chi connectivity index (χ0n) is 15.4. The lowest BCUT2D eigenvalue weighted by Gasteiger charge is -2.25. The van der Waals surface area contributed by atoms with Crippen molar-refractivity contribution in [2.24, 2.45) is 0 Å². The maximum absolute atomic E-state index is 14.2. The highest BCUT2D eigenvalue weighted by atomic mass is 32.1.